The van der Waals surface area contributed by atoms with Gasteiger partial charge in [-0.1, -0.05) is 36.4 Å². The zero-order valence-corrected chi connectivity index (χ0v) is 16.8. The maximum absolute atomic E-state index is 11.8. The van der Waals surface area contributed by atoms with Crippen LogP contribution < -0.4 is 21.7 Å². The Kier molecular flexibility index (Phi) is 5.07. The molecule has 0 saturated heterocycles. The van der Waals surface area contributed by atoms with Gasteiger partial charge in [0.1, 0.15) is 12.0 Å². The summed E-state index contributed by atoms with van der Waals surface area (Å²) < 4.78 is 1.88. The standard InChI is InChI=1S/C23H23N7O/c24-19(31)16-10-6-12-30-18(16)14-27-23(30)22-28-20-17(9-4-5-11-25-20)21(29-22)26-13-15-7-2-1-3-8-15/h1-8,10-12,14,21-22,26,28-29H,9,13H2,(H2,24,31). The van der Waals surface area contributed by atoms with Crippen LogP contribution >= 0.6 is 0 Å². The molecule has 1 amide bonds. The molecule has 2 aliphatic heterocycles. The smallest absolute Gasteiger partial charge is 0.250 e. The van der Waals surface area contributed by atoms with E-state index in [4.69, 9.17) is 5.73 Å². The Balaban J connectivity index is 1.48. The first-order valence-corrected chi connectivity index (χ1v) is 10.2. The van der Waals surface area contributed by atoms with Gasteiger partial charge >= 0.3 is 0 Å². The second-order valence-corrected chi connectivity index (χ2v) is 7.49. The molecule has 0 fully saturated rings. The molecule has 2 aromatic heterocycles. The minimum Gasteiger partial charge on any atom is -0.366 e. The number of carbonyl (C=O) groups is 1. The Labute approximate surface area is 179 Å². The van der Waals surface area contributed by atoms with Crippen LogP contribution in [0, 0.1) is 0 Å². The number of rotatable bonds is 5. The van der Waals surface area contributed by atoms with Gasteiger partial charge in [-0.25, -0.2) is 9.98 Å². The summed E-state index contributed by atoms with van der Waals surface area (Å²) in [5.41, 5.74) is 8.98. The molecule has 0 radical (unpaired) electrons. The van der Waals surface area contributed by atoms with Crippen molar-refractivity contribution in [2.45, 2.75) is 25.3 Å². The quantitative estimate of drug-likeness (QED) is 0.512. The molecule has 0 bridgehead atoms. The number of benzene rings is 1. The van der Waals surface area contributed by atoms with Crippen molar-refractivity contribution < 1.29 is 4.79 Å². The average Bonchev–Trinajstić information content (AvgIpc) is 3.08. The van der Waals surface area contributed by atoms with Gasteiger partial charge in [0, 0.05) is 24.5 Å². The van der Waals surface area contributed by atoms with E-state index >= 15 is 0 Å². The van der Waals surface area contributed by atoms with E-state index in [1.165, 1.54) is 5.56 Å². The van der Waals surface area contributed by atoms with E-state index in [1.54, 1.807) is 24.5 Å². The van der Waals surface area contributed by atoms with Crippen LogP contribution in [-0.4, -0.2) is 27.7 Å². The molecule has 8 nitrogen and oxygen atoms in total. The lowest BCUT2D eigenvalue weighted by Crippen LogP contribution is -2.53. The van der Waals surface area contributed by atoms with Crippen LogP contribution in [0.5, 0.6) is 0 Å². The fraction of sp³-hybridized carbons (Fsp3) is 0.174. The fourth-order valence-corrected chi connectivity index (χ4v) is 3.98. The van der Waals surface area contributed by atoms with Crippen molar-refractivity contribution in [3.63, 3.8) is 0 Å². The van der Waals surface area contributed by atoms with Gasteiger partial charge in [0.05, 0.1) is 23.4 Å². The third kappa shape index (κ3) is 3.74. The molecule has 3 aromatic rings. The molecular weight excluding hydrogens is 390 g/mol. The molecule has 0 saturated carbocycles. The highest BCUT2D eigenvalue weighted by atomic mass is 16.1. The number of pyridine rings is 1. The lowest BCUT2D eigenvalue weighted by molar-refractivity contribution is 0.100. The van der Waals surface area contributed by atoms with E-state index in [0.29, 0.717) is 17.6 Å². The number of amides is 1. The predicted molar refractivity (Wildman–Crippen MR) is 119 cm³/mol. The zero-order valence-electron chi connectivity index (χ0n) is 16.8. The summed E-state index contributed by atoms with van der Waals surface area (Å²) in [5, 5.41) is 10.7. The summed E-state index contributed by atoms with van der Waals surface area (Å²) >= 11 is 0. The van der Waals surface area contributed by atoms with Gasteiger partial charge in [-0.3, -0.25) is 15.4 Å². The van der Waals surface area contributed by atoms with E-state index in [1.807, 2.05) is 34.9 Å². The summed E-state index contributed by atoms with van der Waals surface area (Å²) in [4.78, 5) is 21.0. The Morgan fingerprint density at radius 2 is 2.10 bits per heavy atom. The number of imidazole rings is 1. The molecular formula is C23H23N7O. The van der Waals surface area contributed by atoms with E-state index in [2.05, 4.69) is 44.1 Å². The number of nitrogens with zero attached hydrogens (tertiary/aromatic N) is 3. The minimum atomic E-state index is -0.478. The highest BCUT2D eigenvalue weighted by Crippen LogP contribution is 2.26. The normalized spacial score (nSPS) is 20.4. The van der Waals surface area contributed by atoms with Crippen LogP contribution in [-0.2, 0) is 6.54 Å². The van der Waals surface area contributed by atoms with Crippen molar-refractivity contribution in [3.05, 3.63) is 95.4 Å². The predicted octanol–water partition coefficient (Wildman–Crippen LogP) is 1.98. The van der Waals surface area contributed by atoms with Crippen molar-refractivity contribution in [1.82, 2.24) is 25.3 Å². The number of aliphatic imine (C=N–C) groups is 1. The first-order chi connectivity index (χ1) is 15.2. The number of aromatic nitrogens is 2. The van der Waals surface area contributed by atoms with Gasteiger partial charge in [0.15, 0.2) is 5.82 Å². The van der Waals surface area contributed by atoms with Crippen molar-refractivity contribution >= 4 is 17.6 Å². The molecule has 4 heterocycles. The summed E-state index contributed by atoms with van der Waals surface area (Å²) in [6.45, 7) is 0.712. The third-order valence-corrected chi connectivity index (χ3v) is 5.51. The van der Waals surface area contributed by atoms with Crippen molar-refractivity contribution in [2.75, 3.05) is 0 Å². The molecule has 2 atom stereocenters. The molecule has 2 unspecified atom stereocenters. The Hall–Kier alpha value is -3.75. The van der Waals surface area contributed by atoms with Crippen LogP contribution in [0.2, 0.25) is 0 Å². The van der Waals surface area contributed by atoms with E-state index in [-0.39, 0.29) is 12.3 Å². The number of primary amides is 1. The summed E-state index contributed by atoms with van der Waals surface area (Å²) in [5.74, 6) is 1.07. The molecule has 2 aliphatic rings. The van der Waals surface area contributed by atoms with Crippen molar-refractivity contribution in [2.24, 2.45) is 10.7 Å². The van der Waals surface area contributed by atoms with E-state index < -0.39 is 5.91 Å². The maximum Gasteiger partial charge on any atom is 0.250 e. The number of hydrogen-bond acceptors (Lipinski definition) is 6. The largest absolute Gasteiger partial charge is 0.366 e. The second kappa shape index (κ2) is 8.17. The maximum atomic E-state index is 11.8. The van der Waals surface area contributed by atoms with Crippen LogP contribution in [0.4, 0.5) is 0 Å². The van der Waals surface area contributed by atoms with Crippen molar-refractivity contribution in [3.8, 4) is 0 Å². The Morgan fingerprint density at radius 3 is 2.94 bits per heavy atom. The Morgan fingerprint density at radius 1 is 1.23 bits per heavy atom. The Bertz CT molecular complexity index is 1210. The minimum absolute atomic E-state index is 0.104. The first-order valence-electron chi connectivity index (χ1n) is 10.2. The topological polar surface area (TPSA) is 109 Å². The van der Waals surface area contributed by atoms with Gasteiger partial charge in [-0.15, -0.1) is 0 Å². The molecule has 1 aromatic carbocycles. The van der Waals surface area contributed by atoms with Crippen LogP contribution in [0.25, 0.3) is 5.52 Å². The number of carbonyl (C=O) groups excluding carboxylic acids is 1. The first kappa shape index (κ1) is 19.2. The highest BCUT2D eigenvalue weighted by molar-refractivity contribution is 5.99. The zero-order chi connectivity index (χ0) is 21.2. The number of nitrogens with one attached hydrogen (secondary N) is 3. The lowest BCUT2D eigenvalue weighted by Gasteiger charge is -2.35. The van der Waals surface area contributed by atoms with Gasteiger partial charge in [-0.05, 0) is 30.2 Å². The molecule has 5 N–H and O–H groups in total. The molecule has 31 heavy (non-hydrogen) atoms. The van der Waals surface area contributed by atoms with Gasteiger partial charge in [0.2, 0.25) is 0 Å². The molecule has 0 aliphatic carbocycles. The van der Waals surface area contributed by atoms with Crippen LogP contribution in [0.1, 0.15) is 34.3 Å². The summed E-state index contributed by atoms with van der Waals surface area (Å²) in [6.07, 6.45) is 9.75. The monoisotopic (exact) mass is 413 g/mol. The molecule has 156 valence electrons. The molecule has 8 heteroatoms. The third-order valence-electron chi connectivity index (χ3n) is 5.51. The van der Waals surface area contributed by atoms with Gasteiger partial charge in [-0.2, -0.15) is 0 Å². The van der Waals surface area contributed by atoms with Crippen LogP contribution in [0.3, 0.4) is 0 Å². The average molecular weight is 413 g/mol. The number of fused-ring (bicyclic) bond motifs is 1. The number of allylic oxidation sites excluding steroid dienone is 2. The number of hydrogen-bond donors (Lipinski definition) is 4. The van der Waals surface area contributed by atoms with Gasteiger partial charge in [0.25, 0.3) is 5.91 Å². The second-order valence-electron chi connectivity index (χ2n) is 7.49. The van der Waals surface area contributed by atoms with Gasteiger partial charge < -0.3 is 15.5 Å². The molecule has 0 spiro atoms. The van der Waals surface area contributed by atoms with Crippen LogP contribution in [0.15, 0.2) is 83.4 Å². The highest BCUT2D eigenvalue weighted by Gasteiger charge is 2.31. The summed E-state index contributed by atoms with van der Waals surface area (Å²) in [7, 11) is 0. The SMILES string of the molecule is NC(=O)c1cccn2c(C3NC4=C(CC=CC=N4)C(NCc4ccccc4)N3)ncc12. The fourth-order valence-electron chi connectivity index (χ4n) is 3.98. The lowest BCUT2D eigenvalue weighted by atomic mass is 10.1. The summed E-state index contributed by atoms with van der Waals surface area (Å²) in [6, 6.07) is 13.8. The number of nitrogens with two attached hydrogens (primary N) is 1. The van der Waals surface area contributed by atoms with E-state index in [0.717, 1.165) is 23.6 Å². The van der Waals surface area contributed by atoms with E-state index in [9.17, 15) is 4.79 Å². The van der Waals surface area contributed by atoms with Crippen molar-refractivity contribution in [1.29, 1.82) is 0 Å². The molecule has 5 rings (SSSR count).